The lowest BCUT2D eigenvalue weighted by molar-refractivity contribution is -0.138. The number of ether oxygens (including phenoxy) is 1. The van der Waals surface area contributed by atoms with E-state index in [4.69, 9.17) is 9.84 Å². The van der Waals surface area contributed by atoms with Gasteiger partial charge >= 0.3 is 5.97 Å². The minimum atomic E-state index is -1.10. The molecule has 0 atom stereocenters. The Morgan fingerprint density at radius 3 is 2.78 bits per heavy atom. The second kappa shape index (κ2) is 4.23. The summed E-state index contributed by atoms with van der Waals surface area (Å²) < 4.78 is 33.3. The van der Waals surface area contributed by atoms with E-state index >= 15 is 0 Å². The van der Waals surface area contributed by atoms with Crippen LogP contribution in [-0.2, 0) is 16.6 Å². The first-order valence-electron chi connectivity index (χ1n) is 5.69. The van der Waals surface area contributed by atoms with Gasteiger partial charge in [-0.2, -0.15) is 0 Å². The quantitative estimate of drug-likeness (QED) is 0.904. The van der Waals surface area contributed by atoms with Crippen molar-refractivity contribution in [2.75, 3.05) is 6.61 Å². The van der Waals surface area contributed by atoms with Crippen molar-refractivity contribution in [3.8, 4) is 5.75 Å². The Morgan fingerprint density at radius 2 is 2.17 bits per heavy atom. The molecule has 0 fully saturated rings. The molecule has 0 radical (unpaired) electrons. The number of carboxylic acid groups (broad SMARTS) is 1. The zero-order valence-electron chi connectivity index (χ0n) is 10.2. The fraction of sp³-hybridized carbons (Fsp3) is 0.462. The summed E-state index contributed by atoms with van der Waals surface area (Å²) in [6.45, 7) is 3.37. The van der Waals surface area contributed by atoms with Crippen molar-refractivity contribution in [3.05, 3.63) is 28.8 Å². The predicted molar refractivity (Wildman–Crippen MR) is 60.8 cm³/mol. The van der Waals surface area contributed by atoms with Gasteiger partial charge in [-0.3, -0.25) is 4.79 Å². The maximum Gasteiger partial charge on any atom is 0.304 e. The zero-order chi connectivity index (χ0) is 13.5. The number of fused-ring (bicyclic) bond motifs is 1. The molecule has 1 aromatic carbocycles. The van der Waals surface area contributed by atoms with Crippen LogP contribution in [0.3, 0.4) is 0 Å². The molecule has 1 aliphatic heterocycles. The lowest BCUT2D eigenvalue weighted by atomic mass is 9.80. The second-order valence-corrected chi connectivity index (χ2v) is 5.08. The molecular weight excluding hydrogens is 242 g/mol. The fourth-order valence-corrected chi connectivity index (χ4v) is 2.35. The molecule has 0 aliphatic carbocycles. The molecule has 1 aliphatic rings. The largest absolute Gasteiger partial charge is 0.493 e. The summed E-state index contributed by atoms with van der Waals surface area (Å²) in [4.78, 5) is 10.8. The molecule has 0 aromatic heterocycles. The van der Waals surface area contributed by atoms with E-state index in [2.05, 4.69) is 0 Å². The van der Waals surface area contributed by atoms with Crippen LogP contribution in [0.25, 0.3) is 0 Å². The van der Waals surface area contributed by atoms with E-state index in [1.807, 2.05) is 0 Å². The van der Waals surface area contributed by atoms with Gasteiger partial charge in [0.2, 0.25) is 0 Å². The molecule has 18 heavy (non-hydrogen) atoms. The van der Waals surface area contributed by atoms with Crippen LogP contribution in [0.2, 0.25) is 0 Å². The minimum Gasteiger partial charge on any atom is -0.493 e. The predicted octanol–water partition coefficient (Wildman–Crippen LogP) is 2.65. The number of benzene rings is 1. The number of halogens is 2. The number of rotatable bonds is 3. The highest BCUT2D eigenvalue weighted by Crippen LogP contribution is 2.38. The molecule has 98 valence electrons. The van der Waals surface area contributed by atoms with Gasteiger partial charge in [-0.15, -0.1) is 0 Å². The van der Waals surface area contributed by atoms with Gasteiger partial charge in [0.25, 0.3) is 0 Å². The molecule has 1 heterocycles. The van der Waals surface area contributed by atoms with Crippen molar-refractivity contribution in [3.63, 3.8) is 0 Å². The lowest BCUT2D eigenvalue weighted by Crippen LogP contribution is -2.25. The summed E-state index contributed by atoms with van der Waals surface area (Å²) in [5, 5.41) is 8.82. The highest BCUT2D eigenvalue weighted by Gasteiger charge is 2.34. The van der Waals surface area contributed by atoms with Crippen LogP contribution in [0.1, 0.15) is 31.4 Å². The van der Waals surface area contributed by atoms with E-state index in [1.54, 1.807) is 0 Å². The summed E-state index contributed by atoms with van der Waals surface area (Å²) >= 11 is 0. The fourth-order valence-electron chi connectivity index (χ4n) is 2.35. The first-order chi connectivity index (χ1) is 8.33. The van der Waals surface area contributed by atoms with Crippen LogP contribution < -0.4 is 4.74 Å². The summed E-state index contributed by atoms with van der Waals surface area (Å²) in [6, 6.07) is 1.14. The Hall–Kier alpha value is -1.65. The molecule has 0 unspecified atom stereocenters. The topological polar surface area (TPSA) is 46.5 Å². The summed E-state index contributed by atoms with van der Waals surface area (Å²) in [5.41, 5.74) is -0.934. The zero-order valence-corrected chi connectivity index (χ0v) is 10.2. The van der Waals surface area contributed by atoms with Gasteiger partial charge in [-0.1, -0.05) is 13.8 Å². The number of aliphatic carboxylic acids is 1. The van der Waals surface area contributed by atoms with Gasteiger partial charge in [0, 0.05) is 29.0 Å². The molecule has 0 spiro atoms. The molecule has 0 saturated heterocycles. The first-order valence-corrected chi connectivity index (χ1v) is 5.69. The Labute approximate surface area is 103 Å². The van der Waals surface area contributed by atoms with Gasteiger partial charge in [0.05, 0.1) is 13.0 Å². The van der Waals surface area contributed by atoms with Crippen LogP contribution in [0.5, 0.6) is 5.75 Å². The number of hydrogen-bond acceptors (Lipinski definition) is 2. The van der Waals surface area contributed by atoms with Gasteiger partial charge in [0.1, 0.15) is 17.4 Å². The number of carbonyl (C=O) groups is 1. The monoisotopic (exact) mass is 256 g/mol. The van der Waals surface area contributed by atoms with Crippen LogP contribution >= 0.6 is 0 Å². The summed E-state index contributed by atoms with van der Waals surface area (Å²) in [6.07, 6.45) is 0.0537. The third-order valence-corrected chi connectivity index (χ3v) is 3.16. The van der Waals surface area contributed by atoms with E-state index < -0.39 is 23.0 Å². The maximum atomic E-state index is 14.3. The van der Waals surface area contributed by atoms with E-state index in [0.29, 0.717) is 18.6 Å². The normalized spacial score (nSPS) is 14.2. The van der Waals surface area contributed by atoms with Crippen molar-refractivity contribution in [2.24, 2.45) is 0 Å². The molecule has 2 rings (SSSR count). The Balaban J connectivity index is 2.54. The van der Waals surface area contributed by atoms with Crippen LogP contribution in [0, 0.1) is 11.6 Å². The Bertz CT molecular complexity index is 509. The van der Waals surface area contributed by atoms with E-state index in [-0.39, 0.29) is 17.7 Å². The van der Waals surface area contributed by atoms with Crippen molar-refractivity contribution in [2.45, 2.75) is 32.1 Å². The maximum absolute atomic E-state index is 14.3. The van der Waals surface area contributed by atoms with Crippen LogP contribution in [-0.4, -0.2) is 17.7 Å². The molecule has 0 bridgehead atoms. The highest BCUT2D eigenvalue weighted by atomic mass is 19.1. The third-order valence-electron chi connectivity index (χ3n) is 3.16. The summed E-state index contributed by atoms with van der Waals surface area (Å²) in [7, 11) is 0. The van der Waals surface area contributed by atoms with Crippen molar-refractivity contribution in [1.82, 2.24) is 0 Å². The Morgan fingerprint density at radius 1 is 1.50 bits per heavy atom. The molecule has 3 nitrogen and oxygen atoms in total. The highest BCUT2D eigenvalue weighted by molar-refractivity contribution is 5.69. The van der Waals surface area contributed by atoms with Crippen LogP contribution in [0.15, 0.2) is 6.07 Å². The van der Waals surface area contributed by atoms with E-state index in [9.17, 15) is 13.6 Å². The van der Waals surface area contributed by atoms with E-state index in [1.165, 1.54) is 13.8 Å². The van der Waals surface area contributed by atoms with Crippen molar-refractivity contribution < 1.29 is 23.4 Å². The number of carboxylic acids is 1. The van der Waals surface area contributed by atoms with Gasteiger partial charge in [0.15, 0.2) is 0 Å². The van der Waals surface area contributed by atoms with Gasteiger partial charge in [-0.25, -0.2) is 8.78 Å². The molecule has 0 amide bonds. The summed E-state index contributed by atoms with van der Waals surface area (Å²) in [5.74, 6) is -2.29. The smallest absolute Gasteiger partial charge is 0.304 e. The molecule has 1 aromatic rings. The first kappa shape index (κ1) is 12.8. The average molecular weight is 256 g/mol. The molecule has 0 saturated carbocycles. The minimum absolute atomic E-state index is 0.172. The lowest BCUT2D eigenvalue weighted by Gasteiger charge is -2.25. The average Bonchev–Trinajstić information content (AvgIpc) is 2.62. The van der Waals surface area contributed by atoms with Crippen LogP contribution in [0.4, 0.5) is 8.78 Å². The van der Waals surface area contributed by atoms with Gasteiger partial charge in [-0.05, 0) is 0 Å². The molecule has 5 heteroatoms. The Kier molecular flexibility index (Phi) is 3.00. The third kappa shape index (κ3) is 2.05. The molecular formula is C13H14F2O3. The second-order valence-electron chi connectivity index (χ2n) is 5.08. The molecule has 1 N–H and O–H groups in total. The van der Waals surface area contributed by atoms with Crippen molar-refractivity contribution >= 4 is 5.97 Å². The van der Waals surface area contributed by atoms with Gasteiger partial charge < -0.3 is 9.84 Å². The van der Waals surface area contributed by atoms with E-state index in [0.717, 1.165) is 6.07 Å². The number of hydrogen-bond donors (Lipinski definition) is 1. The van der Waals surface area contributed by atoms with Crippen molar-refractivity contribution in [1.29, 1.82) is 0 Å². The standard InChI is InChI=1S/C13H14F2O3/c1-13(2,6-10(16)17)11-8(14)5-9-7(12(11)15)3-4-18-9/h5H,3-4,6H2,1-2H3,(H,16,17). The SMILES string of the molecule is CC(C)(CC(=O)O)c1c(F)cc2c(c1F)CCO2.